The average molecular weight is 322 g/mol. The van der Waals surface area contributed by atoms with Gasteiger partial charge in [0.2, 0.25) is 0 Å². The molecule has 2 aromatic carbocycles. The largest absolute Gasteiger partial charge is 0.481 e. The van der Waals surface area contributed by atoms with E-state index < -0.39 is 11.9 Å². The van der Waals surface area contributed by atoms with Crippen molar-refractivity contribution < 1.29 is 14.7 Å². The Bertz CT molecular complexity index is 793. The van der Waals surface area contributed by atoms with Gasteiger partial charge in [-0.2, -0.15) is 5.26 Å². The third-order valence-electron chi connectivity index (χ3n) is 3.68. The quantitative estimate of drug-likeness (QED) is 0.855. The van der Waals surface area contributed by atoms with Crippen LogP contribution in [0.15, 0.2) is 48.5 Å². The fraction of sp³-hybridized carbons (Fsp3) is 0.211. The molecule has 5 heteroatoms. The number of carbonyl (C=O) groups is 2. The number of benzene rings is 2. The van der Waals surface area contributed by atoms with Crippen LogP contribution in [0.5, 0.6) is 0 Å². The molecule has 0 bridgehead atoms. The van der Waals surface area contributed by atoms with Gasteiger partial charge in [0.05, 0.1) is 17.6 Å². The van der Waals surface area contributed by atoms with Crippen molar-refractivity contribution in [2.24, 2.45) is 5.92 Å². The SMILES string of the molecule is Cc1cccc(C[C@H](CNC(=O)c2cccc(C#N)c2)C(=O)O)c1. The molecular weight excluding hydrogens is 304 g/mol. The van der Waals surface area contributed by atoms with E-state index in [4.69, 9.17) is 5.26 Å². The van der Waals surface area contributed by atoms with Crippen molar-refractivity contribution in [1.29, 1.82) is 5.26 Å². The summed E-state index contributed by atoms with van der Waals surface area (Å²) in [5.74, 6) is -2.06. The monoisotopic (exact) mass is 322 g/mol. The van der Waals surface area contributed by atoms with Crippen molar-refractivity contribution in [1.82, 2.24) is 5.32 Å². The first-order valence-corrected chi connectivity index (χ1v) is 7.56. The Kier molecular flexibility index (Phi) is 5.69. The molecular formula is C19H18N2O3. The Labute approximate surface area is 140 Å². The number of carboxylic acid groups (broad SMARTS) is 1. The number of nitrogens with one attached hydrogen (secondary N) is 1. The van der Waals surface area contributed by atoms with Gasteiger partial charge in [-0.1, -0.05) is 35.9 Å². The van der Waals surface area contributed by atoms with Crippen LogP contribution in [-0.2, 0) is 11.2 Å². The van der Waals surface area contributed by atoms with Crippen molar-refractivity contribution in [3.63, 3.8) is 0 Å². The Hall–Kier alpha value is -3.13. The Balaban J connectivity index is 2.02. The number of hydrogen-bond acceptors (Lipinski definition) is 3. The van der Waals surface area contributed by atoms with Gasteiger partial charge in [-0.05, 0) is 37.1 Å². The Morgan fingerprint density at radius 3 is 2.62 bits per heavy atom. The van der Waals surface area contributed by atoms with Crippen molar-refractivity contribution in [3.05, 3.63) is 70.8 Å². The number of nitrogens with zero attached hydrogens (tertiary/aromatic N) is 1. The number of carbonyl (C=O) groups excluding carboxylic acids is 1. The minimum atomic E-state index is -0.956. The molecule has 0 aliphatic carbocycles. The van der Waals surface area contributed by atoms with Gasteiger partial charge >= 0.3 is 5.97 Å². The lowest BCUT2D eigenvalue weighted by Crippen LogP contribution is -2.34. The van der Waals surface area contributed by atoms with Crippen molar-refractivity contribution in [2.75, 3.05) is 6.54 Å². The van der Waals surface area contributed by atoms with Gasteiger partial charge in [-0.25, -0.2) is 0 Å². The van der Waals surface area contributed by atoms with Crippen molar-refractivity contribution in [3.8, 4) is 6.07 Å². The summed E-state index contributed by atoms with van der Waals surface area (Å²) >= 11 is 0. The van der Waals surface area contributed by atoms with E-state index in [1.54, 1.807) is 18.2 Å². The van der Waals surface area contributed by atoms with E-state index in [1.165, 1.54) is 6.07 Å². The summed E-state index contributed by atoms with van der Waals surface area (Å²) in [4.78, 5) is 23.6. The predicted molar refractivity (Wildman–Crippen MR) is 89.5 cm³/mol. The highest BCUT2D eigenvalue weighted by molar-refractivity contribution is 5.94. The topological polar surface area (TPSA) is 90.2 Å². The first kappa shape index (κ1) is 17.2. The second-order valence-electron chi connectivity index (χ2n) is 5.63. The molecule has 0 spiro atoms. The zero-order valence-corrected chi connectivity index (χ0v) is 13.3. The minimum absolute atomic E-state index is 0.0267. The van der Waals surface area contributed by atoms with Gasteiger partial charge in [-0.3, -0.25) is 9.59 Å². The number of aryl methyl sites for hydroxylation is 1. The summed E-state index contributed by atoms with van der Waals surface area (Å²) in [5.41, 5.74) is 2.71. The fourth-order valence-electron chi connectivity index (χ4n) is 2.42. The van der Waals surface area contributed by atoms with Crippen molar-refractivity contribution >= 4 is 11.9 Å². The fourth-order valence-corrected chi connectivity index (χ4v) is 2.42. The Morgan fingerprint density at radius 2 is 1.96 bits per heavy atom. The summed E-state index contributed by atoms with van der Waals surface area (Å²) in [6.45, 7) is 1.97. The van der Waals surface area contributed by atoms with E-state index in [-0.39, 0.29) is 12.5 Å². The maximum absolute atomic E-state index is 12.1. The standard InChI is InChI=1S/C19H18N2O3/c1-13-4-2-5-14(8-13)9-17(19(23)24)12-21-18(22)16-7-3-6-15(10-16)11-20/h2-8,10,17H,9,12H2,1H3,(H,21,22)(H,23,24)/t17-/m1/s1. The molecule has 0 radical (unpaired) electrons. The minimum Gasteiger partial charge on any atom is -0.481 e. The Morgan fingerprint density at radius 1 is 1.21 bits per heavy atom. The number of hydrogen-bond donors (Lipinski definition) is 2. The molecule has 0 fully saturated rings. The van der Waals surface area contributed by atoms with E-state index in [0.717, 1.165) is 11.1 Å². The van der Waals surface area contributed by atoms with Gasteiger partial charge in [0.15, 0.2) is 0 Å². The van der Waals surface area contributed by atoms with Gasteiger partial charge in [0, 0.05) is 12.1 Å². The van der Waals surface area contributed by atoms with Crippen LogP contribution < -0.4 is 5.32 Å². The van der Waals surface area contributed by atoms with Gasteiger partial charge in [0.1, 0.15) is 0 Å². The summed E-state index contributed by atoms with van der Waals surface area (Å²) in [6, 6.07) is 15.9. The van der Waals surface area contributed by atoms with Crippen LogP contribution in [0.4, 0.5) is 0 Å². The van der Waals surface area contributed by atoms with Crippen LogP contribution in [0.2, 0.25) is 0 Å². The second kappa shape index (κ2) is 7.93. The molecule has 0 heterocycles. The number of nitriles is 1. The molecule has 2 N–H and O–H groups in total. The molecule has 24 heavy (non-hydrogen) atoms. The molecule has 5 nitrogen and oxygen atoms in total. The van der Waals surface area contributed by atoms with E-state index in [2.05, 4.69) is 5.32 Å². The highest BCUT2D eigenvalue weighted by Gasteiger charge is 2.19. The van der Waals surface area contributed by atoms with Crippen LogP contribution in [0.3, 0.4) is 0 Å². The molecule has 1 atom stereocenters. The van der Waals surface area contributed by atoms with Gasteiger partial charge < -0.3 is 10.4 Å². The normalized spacial score (nSPS) is 11.3. The van der Waals surface area contributed by atoms with E-state index in [0.29, 0.717) is 17.5 Å². The molecule has 2 rings (SSSR count). The van der Waals surface area contributed by atoms with Crippen molar-refractivity contribution in [2.45, 2.75) is 13.3 Å². The molecule has 0 saturated carbocycles. The van der Waals surface area contributed by atoms with Crippen LogP contribution >= 0.6 is 0 Å². The van der Waals surface area contributed by atoms with E-state index >= 15 is 0 Å². The van der Waals surface area contributed by atoms with Crippen LogP contribution in [-0.4, -0.2) is 23.5 Å². The van der Waals surface area contributed by atoms with Gasteiger partial charge in [-0.15, -0.1) is 0 Å². The van der Waals surface area contributed by atoms with E-state index in [1.807, 2.05) is 37.3 Å². The number of aliphatic carboxylic acids is 1. The summed E-state index contributed by atoms with van der Waals surface area (Å²) in [7, 11) is 0. The predicted octanol–water partition coefficient (Wildman–Crippen LogP) is 2.54. The lowest BCUT2D eigenvalue weighted by molar-refractivity contribution is -0.141. The number of carboxylic acids is 1. The first-order valence-electron chi connectivity index (χ1n) is 7.56. The van der Waals surface area contributed by atoms with Gasteiger partial charge in [0.25, 0.3) is 5.91 Å². The molecule has 0 unspecified atom stereocenters. The molecule has 0 aliphatic rings. The molecule has 2 aromatic rings. The highest BCUT2D eigenvalue weighted by Crippen LogP contribution is 2.11. The zero-order valence-electron chi connectivity index (χ0n) is 13.3. The lowest BCUT2D eigenvalue weighted by Gasteiger charge is -2.14. The van der Waals surface area contributed by atoms with E-state index in [9.17, 15) is 14.7 Å². The second-order valence-corrected chi connectivity index (χ2v) is 5.63. The van der Waals surface area contributed by atoms with Crippen LogP contribution in [0.1, 0.15) is 27.0 Å². The summed E-state index contributed by atoms with van der Waals surface area (Å²) in [5, 5.41) is 20.9. The molecule has 1 amide bonds. The summed E-state index contributed by atoms with van der Waals surface area (Å²) < 4.78 is 0. The average Bonchev–Trinajstić information content (AvgIpc) is 2.58. The molecule has 0 aromatic heterocycles. The highest BCUT2D eigenvalue weighted by atomic mass is 16.4. The number of rotatable bonds is 6. The maximum Gasteiger partial charge on any atom is 0.308 e. The maximum atomic E-state index is 12.1. The molecule has 0 saturated heterocycles. The zero-order chi connectivity index (χ0) is 17.5. The number of amides is 1. The third-order valence-corrected chi connectivity index (χ3v) is 3.68. The third kappa shape index (κ3) is 4.68. The smallest absolute Gasteiger partial charge is 0.308 e. The first-order chi connectivity index (χ1) is 11.5. The lowest BCUT2D eigenvalue weighted by atomic mass is 9.98. The molecule has 122 valence electrons. The summed E-state index contributed by atoms with van der Waals surface area (Å²) in [6.07, 6.45) is 0.343. The molecule has 0 aliphatic heterocycles. The van der Waals surface area contributed by atoms with Crippen LogP contribution in [0, 0.1) is 24.2 Å². The van der Waals surface area contributed by atoms with Crippen LogP contribution in [0.25, 0.3) is 0 Å².